The van der Waals surface area contributed by atoms with Crippen LogP contribution in [0.15, 0.2) is 84.9 Å². The molecule has 3 heterocycles. The fourth-order valence-corrected chi connectivity index (χ4v) is 15.4. The molecule has 3 aromatic rings. The summed E-state index contributed by atoms with van der Waals surface area (Å²) in [4.78, 5) is 32.8. The van der Waals surface area contributed by atoms with Crippen LogP contribution in [0.2, 0.25) is 0 Å². The van der Waals surface area contributed by atoms with Gasteiger partial charge in [0.25, 0.3) is 0 Å². The van der Waals surface area contributed by atoms with Gasteiger partial charge in [0.15, 0.2) is 12.6 Å². The van der Waals surface area contributed by atoms with E-state index in [2.05, 4.69) is 84.9 Å². The number of nitrogens with zero attached hydrogens (tertiary/aromatic N) is 2. The summed E-state index contributed by atoms with van der Waals surface area (Å²) < 4.78 is 97.4. The first-order valence-corrected chi connectivity index (χ1v) is 33.8. The van der Waals surface area contributed by atoms with Gasteiger partial charge in [-0.1, -0.05) is 88.6 Å². The molecule has 3 aliphatic rings. The number of hydrogen-bond acceptors (Lipinski definition) is 14. The molecule has 5 N–H and O–H groups in total. The van der Waals surface area contributed by atoms with Crippen LogP contribution < -0.4 is 15.9 Å². The minimum atomic E-state index is -10.7. The van der Waals surface area contributed by atoms with Crippen molar-refractivity contribution in [2.45, 2.75) is 230 Å². The number of esters is 1. The molecule has 0 aromatic heterocycles. The number of aliphatic hydroxyl groups is 5. The molecule has 86 heavy (non-hydrogen) atoms. The number of carbonyl (C=O) groups excluding carboxylic acids is 2. The molecule has 3 aromatic carbocycles. The molecule has 0 aliphatic carbocycles. The monoisotopic (exact) mass is 1270 g/mol. The Bertz CT molecular complexity index is 2550. The number of ether oxygens (including phenoxy) is 6. The second-order valence-corrected chi connectivity index (χ2v) is 29.7. The van der Waals surface area contributed by atoms with Gasteiger partial charge in [-0.2, -0.15) is 0 Å². The van der Waals surface area contributed by atoms with Crippen LogP contribution in [0.25, 0.3) is 0 Å². The average molecular weight is 1270 g/mol. The zero-order valence-corrected chi connectivity index (χ0v) is 54.2. The van der Waals surface area contributed by atoms with Crippen LogP contribution in [0.4, 0.5) is 25.2 Å². The maximum atomic E-state index is 14.7. The van der Waals surface area contributed by atoms with Gasteiger partial charge >= 0.3 is 39.0 Å². The van der Waals surface area contributed by atoms with Gasteiger partial charge in [-0.15, -0.1) is 0 Å². The van der Waals surface area contributed by atoms with Crippen LogP contribution in [0.5, 0.6) is 0 Å². The Hall–Kier alpha value is -3.40. The second-order valence-electron chi connectivity index (χ2n) is 25.3. The number of aryl methyl sites for hydroxylation is 1. The van der Waals surface area contributed by atoms with E-state index in [1.165, 1.54) is 35.5 Å². The fraction of sp³-hybridized carbons (Fsp3) is 0.683. The van der Waals surface area contributed by atoms with E-state index in [1.54, 1.807) is 53.4 Å². The Morgan fingerprint density at radius 3 is 1.88 bits per heavy atom. The van der Waals surface area contributed by atoms with Crippen LogP contribution in [0.1, 0.15) is 139 Å². The molecule has 0 bridgehead atoms. The van der Waals surface area contributed by atoms with Crippen LogP contribution in [0.3, 0.4) is 0 Å². The predicted molar refractivity (Wildman–Crippen MR) is 325 cm³/mol. The molecular weight excluding hydrogens is 1170 g/mol. The third-order valence-corrected chi connectivity index (χ3v) is 20.1. The molecule has 3 fully saturated rings. The first kappa shape index (κ1) is 73.3. The number of halogens is 6. The van der Waals surface area contributed by atoms with Crippen molar-refractivity contribution in [3.63, 3.8) is 0 Å². The molecule has 0 unspecified atom stereocenters. The molecule has 1 amide bonds. The van der Waals surface area contributed by atoms with E-state index in [-0.39, 0.29) is 50.3 Å². The quantitative estimate of drug-likeness (QED) is 0.0349. The van der Waals surface area contributed by atoms with Crippen molar-refractivity contribution in [1.82, 2.24) is 9.80 Å². The molecule has 0 saturated carbocycles. The predicted octanol–water partition coefficient (Wildman–Crippen LogP) is 10.3. The Kier molecular flexibility index (Phi) is 25.3. The summed E-state index contributed by atoms with van der Waals surface area (Å²) in [5, 5.41) is 64.5. The molecule has 15 nitrogen and oxygen atoms in total. The Balaban J connectivity index is 0.00000181. The SMILES string of the molecule is CC[C@H]1OC(=O)[C@H](C)[C@@H](O[C@H]2C[C@@](C)(OC)[C@@H](O)[C@H](C)O2)[C@H](C)[C@@H](O[C@@H]2O[C@H](C)C[C@H](N(C)C)[C@H]2O)[C@](C)(O)C[C@@H](C)CN(C(=O)CCCCCCCc2cccc([PH+](c3ccccc3)c3ccccc3)c2)[C@H](C)[C@@H](O)[C@]1(C)O.F[P-](F)(F)(F)(F)F. The number of aliphatic hydroxyl groups excluding tert-OH is 3. The van der Waals surface area contributed by atoms with Crippen LogP contribution in [-0.2, 0) is 44.4 Å². The zero-order valence-electron chi connectivity index (χ0n) is 52.3. The van der Waals surface area contributed by atoms with Gasteiger partial charge in [0.1, 0.15) is 45.9 Å². The standard InChI is InChI=1S/C63H97N2O13P.F6P/c1-14-51-63(10,72)56(68)44(6)65(52(66)34-25-17-15-16-20-27-46-28-26-33-49(36-46)79(47-29-21-18-22-30-47)48-31-23-19-24-32-48)39-40(2)37-61(8,71)58(78-60-54(67)50(64(11)12)35-41(3)74-60)42(4)55(43(5)59(70)76-51)77-53-38-62(9,73-13)57(69)45(7)75-53;1-7(2,3,4,5)6/h18-19,21-24,26,28-33,36,40-45,50-51,53-58,60,67-69,71-72H,14-17,20,25,27,34-35,37-39H2,1-13H3;/q;-1/p+1/t40-,41-,42+,43-,44-,45+,50+,51-,53+,54-,55+,56-,57+,58-,60+,61-,62-,63-;/m1./s1. The minimum absolute atomic E-state index is 0.0676. The molecule has 0 spiro atoms. The zero-order chi connectivity index (χ0) is 64.4. The van der Waals surface area contributed by atoms with Crippen LogP contribution >= 0.6 is 15.7 Å². The van der Waals surface area contributed by atoms with Crippen molar-refractivity contribution >= 4 is 43.5 Å². The number of likely N-dealkylation sites (N-methyl/N-ethyl adjacent to an activating group) is 1. The molecule has 490 valence electrons. The van der Waals surface area contributed by atoms with E-state index >= 15 is 0 Å². The third kappa shape index (κ3) is 21.1. The van der Waals surface area contributed by atoms with E-state index in [4.69, 9.17) is 28.4 Å². The molecule has 23 heteroatoms. The van der Waals surface area contributed by atoms with Gasteiger partial charge in [-0.25, -0.2) is 0 Å². The Morgan fingerprint density at radius 1 is 0.767 bits per heavy atom. The number of carbonyl (C=O) groups is 2. The van der Waals surface area contributed by atoms with Crippen LogP contribution in [-0.4, -0.2) is 165 Å². The summed E-state index contributed by atoms with van der Waals surface area (Å²) in [5.41, 5.74) is -3.49. The van der Waals surface area contributed by atoms with Gasteiger partial charge in [0.2, 0.25) is 5.91 Å². The van der Waals surface area contributed by atoms with E-state index in [1.807, 2.05) is 32.8 Å². The average Bonchev–Trinajstić information content (AvgIpc) is 1.68. The van der Waals surface area contributed by atoms with Gasteiger partial charge in [-0.05, 0) is 149 Å². The van der Waals surface area contributed by atoms with E-state index < -0.39 is 118 Å². The van der Waals surface area contributed by atoms with E-state index in [0.717, 1.165) is 32.1 Å². The second kappa shape index (κ2) is 29.7. The number of methoxy groups -OCH3 is 1. The summed E-state index contributed by atoms with van der Waals surface area (Å²) in [6.45, 7) is 17.4. The van der Waals surface area contributed by atoms with E-state index in [0.29, 0.717) is 12.8 Å². The first-order chi connectivity index (χ1) is 39.8. The van der Waals surface area contributed by atoms with Crippen molar-refractivity contribution in [2.24, 2.45) is 17.8 Å². The Labute approximate surface area is 506 Å². The summed E-state index contributed by atoms with van der Waals surface area (Å²) in [5.74, 6) is -3.29. The molecular formula is C63H98F6N2O13P2. The maximum absolute atomic E-state index is 14.7. The molecule has 6 rings (SSSR count). The van der Waals surface area contributed by atoms with Gasteiger partial charge < -0.3 is 63.8 Å². The molecule has 0 radical (unpaired) electrons. The van der Waals surface area contributed by atoms with Gasteiger partial charge in [0.05, 0.1) is 55.5 Å². The van der Waals surface area contributed by atoms with Crippen LogP contribution in [0, 0.1) is 17.8 Å². The summed E-state index contributed by atoms with van der Waals surface area (Å²) in [6, 6.07) is 29.3. The first-order valence-electron chi connectivity index (χ1n) is 30.2. The number of unbranched alkanes of at least 4 members (excludes halogenated alkanes) is 4. The van der Waals surface area contributed by atoms with Crippen molar-refractivity contribution in [2.75, 3.05) is 27.7 Å². The van der Waals surface area contributed by atoms with Gasteiger partial charge in [-0.3, -0.25) is 9.59 Å². The number of rotatable bonds is 18. The number of amides is 1. The summed E-state index contributed by atoms with van der Waals surface area (Å²) >= 11 is 0. The Morgan fingerprint density at radius 2 is 1.33 bits per heavy atom. The summed E-state index contributed by atoms with van der Waals surface area (Å²) in [7, 11) is -6.57. The fourth-order valence-electron chi connectivity index (χ4n) is 12.7. The normalized spacial score (nSPS) is 35.3. The molecule has 18 atom stereocenters. The molecule has 3 saturated heterocycles. The topological polar surface area (TPSA) is 197 Å². The summed E-state index contributed by atoms with van der Waals surface area (Å²) in [6.07, 6.45) is -3.93. The third-order valence-electron chi connectivity index (χ3n) is 17.4. The number of hydrogen-bond donors (Lipinski definition) is 5. The van der Waals surface area contributed by atoms with Crippen molar-refractivity contribution in [3.05, 3.63) is 90.5 Å². The molecule has 3 aliphatic heterocycles. The number of benzene rings is 3. The van der Waals surface area contributed by atoms with Crippen molar-refractivity contribution in [1.29, 1.82) is 0 Å². The van der Waals surface area contributed by atoms with Crippen molar-refractivity contribution in [3.8, 4) is 0 Å². The van der Waals surface area contributed by atoms with Crippen molar-refractivity contribution < 1.29 is 88.7 Å². The van der Waals surface area contributed by atoms with Gasteiger partial charge in [0, 0.05) is 38.5 Å². The van der Waals surface area contributed by atoms with E-state index in [9.17, 15) is 60.3 Å². The number of cyclic esters (lactones) is 1.